The van der Waals surface area contributed by atoms with E-state index in [2.05, 4.69) is 0 Å². The van der Waals surface area contributed by atoms with Crippen LogP contribution in [-0.2, 0) is 11.1 Å². The average Bonchev–Trinajstić information content (AvgIpc) is 2.72. The molecule has 0 fully saturated rings. The van der Waals surface area contributed by atoms with E-state index in [-0.39, 0.29) is 0 Å². The first-order chi connectivity index (χ1) is 13.2. The Morgan fingerprint density at radius 2 is 1.44 bits per heavy atom. The molecule has 0 spiro atoms. The van der Waals surface area contributed by atoms with E-state index < -0.39 is 8.09 Å². The lowest BCUT2D eigenvalue weighted by Gasteiger charge is -2.38. The predicted molar refractivity (Wildman–Crippen MR) is 106 cm³/mol. The molecule has 3 aromatic rings. The van der Waals surface area contributed by atoms with Gasteiger partial charge >= 0.3 is 8.09 Å². The first-order valence-electron chi connectivity index (χ1n) is 8.82. The maximum atomic E-state index is 13.8. The fraction of sp³-hybridized carbons (Fsp3) is 0.0909. The summed E-state index contributed by atoms with van der Waals surface area (Å²) >= 11 is 0. The van der Waals surface area contributed by atoms with Gasteiger partial charge in [0.15, 0.2) is 11.5 Å². The second-order valence-corrected chi connectivity index (χ2v) is 8.10. The highest BCUT2D eigenvalue weighted by molar-refractivity contribution is 7.57. The first kappa shape index (κ1) is 17.7. The summed E-state index contributed by atoms with van der Waals surface area (Å²) in [7, 11) is -3.57. The van der Waals surface area contributed by atoms with Gasteiger partial charge < -0.3 is 4.89 Å². The number of benzene rings is 3. The molecule has 0 bridgehead atoms. The van der Waals surface area contributed by atoms with Crippen molar-refractivity contribution in [2.75, 3.05) is 6.54 Å². The van der Waals surface area contributed by atoms with E-state index in [4.69, 9.17) is 9.05 Å². The largest absolute Gasteiger partial charge is 0.601 e. The zero-order chi connectivity index (χ0) is 18.5. The fourth-order valence-corrected chi connectivity index (χ4v) is 4.62. The third kappa shape index (κ3) is 4.20. The molecule has 136 valence electrons. The topological polar surface area (TPSA) is 44.8 Å². The van der Waals surface area contributed by atoms with Gasteiger partial charge in [-0.3, -0.25) is 9.05 Å². The van der Waals surface area contributed by atoms with Crippen molar-refractivity contribution in [2.24, 2.45) is 0 Å². The summed E-state index contributed by atoms with van der Waals surface area (Å²) in [5.74, 6) is 1.10. The summed E-state index contributed by atoms with van der Waals surface area (Å²) in [6.07, 6.45) is 1.95. The second kappa shape index (κ2) is 7.93. The first-order valence-corrected chi connectivity index (χ1v) is 10.3. The monoisotopic (exact) mass is 377 g/mol. The SMILES string of the molecule is [O-][P+]1(Oc2ccccc2)OC(c2ccccc2)=CCN1Cc1ccccc1. The lowest BCUT2D eigenvalue weighted by Crippen LogP contribution is -2.38. The molecule has 0 aromatic heterocycles. The lowest BCUT2D eigenvalue weighted by molar-refractivity contribution is -0.221. The van der Waals surface area contributed by atoms with E-state index in [1.165, 1.54) is 0 Å². The summed E-state index contributed by atoms with van der Waals surface area (Å²) in [5, 5.41) is 0. The van der Waals surface area contributed by atoms with Crippen LogP contribution in [0.2, 0.25) is 0 Å². The van der Waals surface area contributed by atoms with Crippen LogP contribution in [0.5, 0.6) is 5.75 Å². The molecule has 4 rings (SSSR count). The van der Waals surface area contributed by atoms with Crippen molar-refractivity contribution in [3.63, 3.8) is 0 Å². The Kier molecular flexibility index (Phi) is 5.21. The Labute approximate surface area is 159 Å². The number of para-hydroxylation sites is 1. The molecular formula is C22H20NO3P. The highest BCUT2D eigenvalue weighted by Gasteiger charge is 2.45. The molecule has 1 aliphatic rings. The molecule has 0 amide bonds. The third-order valence-corrected chi connectivity index (χ3v) is 6.14. The van der Waals surface area contributed by atoms with Crippen molar-refractivity contribution < 1.29 is 13.9 Å². The summed E-state index contributed by atoms with van der Waals surface area (Å²) in [6, 6.07) is 28.7. The van der Waals surface area contributed by atoms with Gasteiger partial charge in [0, 0.05) is 5.56 Å². The second-order valence-electron chi connectivity index (χ2n) is 6.23. The van der Waals surface area contributed by atoms with Crippen molar-refractivity contribution in [1.82, 2.24) is 4.67 Å². The average molecular weight is 377 g/mol. The van der Waals surface area contributed by atoms with Crippen LogP contribution in [0.1, 0.15) is 11.1 Å². The molecule has 0 radical (unpaired) electrons. The van der Waals surface area contributed by atoms with Crippen LogP contribution >= 0.6 is 8.09 Å². The van der Waals surface area contributed by atoms with Gasteiger partial charge in [-0.15, -0.1) is 4.67 Å². The van der Waals surface area contributed by atoms with Crippen LogP contribution in [-0.4, -0.2) is 11.2 Å². The number of nitrogens with zero attached hydrogens (tertiary/aromatic N) is 1. The maximum Gasteiger partial charge on any atom is 0.411 e. The highest BCUT2D eigenvalue weighted by Crippen LogP contribution is 2.60. The van der Waals surface area contributed by atoms with E-state index in [1.54, 1.807) is 16.8 Å². The van der Waals surface area contributed by atoms with Gasteiger partial charge in [0.1, 0.15) is 0 Å². The lowest BCUT2D eigenvalue weighted by atomic mass is 10.2. The Bertz CT molecular complexity index is 903. The maximum absolute atomic E-state index is 13.8. The summed E-state index contributed by atoms with van der Waals surface area (Å²) in [6.45, 7) is 0.951. The smallest absolute Gasteiger partial charge is 0.411 e. The van der Waals surface area contributed by atoms with Gasteiger partial charge in [0.05, 0.1) is 13.1 Å². The van der Waals surface area contributed by atoms with Crippen LogP contribution < -0.4 is 9.42 Å². The molecule has 0 saturated heterocycles. The van der Waals surface area contributed by atoms with Crippen molar-refractivity contribution >= 4 is 13.9 Å². The molecule has 0 aliphatic carbocycles. The minimum absolute atomic E-state index is 0.475. The van der Waals surface area contributed by atoms with Crippen LogP contribution in [0.25, 0.3) is 5.76 Å². The summed E-state index contributed by atoms with van der Waals surface area (Å²) in [4.78, 5) is 13.8. The van der Waals surface area contributed by atoms with Gasteiger partial charge in [0.25, 0.3) is 0 Å². The highest BCUT2D eigenvalue weighted by atomic mass is 31.2. The summed E-state index contributed by atoms with van der Waals surface area (Å²) in [5.41, 5.74) is 1.93. The number of rotatable bonds is 5. The molecule has 5 heteroatoms. The molecule has 3 aromatic carbocycles. The molecular weight excluding hydrogens is 357 g/mol. The molecule has 0 N–H and O–H groups in total. The molecule has 1 unspecified atom stereocenters. The molecule has 4 nitrogen and oxygen atoms in total. The zero-order valence-electron chi connectivity index (χ0n) is 14.8. The quantitative estimate of drug-likeness (QED) is 0.606. The van der Waals surface area contributed by atoms with Crippen molar-refractivity contribution in [3.05, 3.63) is 108 Å². The standard InChI is InChI=1S/C22H20NO3P/c24-27(25-21-14-8-3-9-15-21)23(18-19-10-4-1-5-11-19)17-16-22(26-27)20-12-6-2-7-13-20/h1-16H,17-18H2. The Balaban J connectivity index is 1.64. The van der Waals surface area contributed by atoms with E-state index in [0.29, 0.717) is 24.6 Å². The van der Waals surface area contributed by atoms with E-state index in [0.717, 1.165) is 11.1 Å². The van der Waals surface area contributed by atoms with Crippen molar-refractivity contribution in [1.29, 1.82) is 0 Å². The molecule has 1 atom stereocenters. The van der Waals surface area contributed by atoms with Crippen LogP contribution in [0.15, 0.2) is 97.1 Å². The zero-order valence-corrected chi connectivity index (χ0v) is 15.7. The van der Waals surface area contributed by atoms with E-state index >= 15 is 0 Å². The minimum atomic E-state index is -3.57. The van der Waals surface area contributed by atoms with Crippen molar-refractivity contribution in [3.8, 4) is 5.75 Å². The van der Waals surface area contributed by atoms with Gasteiger partial charge in [0.2, 0.25) is 0 Å². The third-order valence-electron chi connectivity index (χ3n) is 4.28. The Morgan fingerprint density at radius 3 is 2.11 bits per heavy atom. The normalized spacial score (nSPS) is 19.8. The van der Waals surface area contributed by atoms with Gasteiger partial charge in [-0.1, -0.05) is 78.9 Å². The van der Waals surface area contributed by atoms with E-state index in [9.17, 15) is 4.89 Å². The van der Waals surface area contributed by atoms with Crippen LogP contribution in [0.4, 0.5) is 0 Å². The molecule has 1 heterocycles. The number of hydrogen-bond acceptors (Lipinski definition) is 4. The minimum Gasteiger partial charge on any atom is -0.601 e. The van der Waals surface area contributed by atoms with Gasteiger partial charge in [-0.05, 0) is 23.8 Å². The van der Waals surface area contributed by atoms with Gasteiger partial charge in [-0.25, -0.2) is 0 Å². The van der Waals surface area contributed by atoms with E-state index in [1.807, 2.05) is 84.9 Å². The van der Waals surface area contributed by atoms with Crippen LogP contribution in [0, 0.1) is 0 Å². The van der Waals surface area contributed by atoms with Crippen LogP contribution in [0.3, 0.4) is 0 Å². The predicted octanol–water partition coefficient (Wildman–Crippen LogP) is 4.68. The Morgan fingerprint density at radius 1 is 0.852 bits per heavy atom. The summed E-state index contributed by atoms with van der Waals surface area (Å²) < 4.78 is 13.6. The van der Waals surface area contributed by atoms with Crippen molar-refractivity contribution in [2.45, 2.75) is 6.54 Å². The number of hydrogen-bond donors (Lipinski definition) is 0. The molecule has 27 heavy (non-hydrogen) atoms. The fourth-order valence-electron chi connectivity index (χ4n) is 2.92. The van der Waals surface area contributed by atoms with Gasteiger partial charge in [-0.2, -0.15) is 0 Å². The Hall–Kier alpha value is -2.65. The molecule has 0 saturated carbocycles. The molecule has 1 aliphatic heterocycles.